The molecule has 0 aliphatic heterocycles. The Balaban J connectivity index is 2.91. The molecule has 0 saturated carbocycles. The van der Waals surface area contributed by atoms with E-state index in [0.717, 1.165) is 17.4 Å². The fraction of sp³-hybridized carbons (Fsp3) is 0. The summed E-state index contributed by atoms with van der Waals surface area (Å²) in [7, 11) is 0. The molecule has 0 saturated heterocycles. The number of thiazole rings is 1. The number of rotatable bonds is 0. The van der Waals surface area contributed by atoms with Crippen molar-refractivity contribution in [1.82, 2.24) is 4.98 Å². The molecule has 0 amide bonds. The zero-order valence-electron chi connectivity index (χ0n) is 5.27. The molecule has 55 valence electrons. The number of nitrogens with zero attached hydrogens (tertiary/aromatic N) is 1. The van der Waals surface area contributed by atoms with E-state index in [4.69, 9.17) is 0 Å². The maximum atomic E-state index is 12.8. The molecule has 1 radical (unpaired) electrons. The number of fused-ring (bicyclic) bond motifs is 1. The van der Waals surface area contributed by atoms with Gasteiger partial charge in [-0.2, -0.15) is 0 Å². The molecule has 11 heavy (non-hydrogen) atoms. The maximum absolute atomic E-state index is 12.8. The van der Waals surface area contributed by atoms with E-state index in [9.17, 15) is 8.78 Å². The smallest absolute Gasteiger partial charge is 0.153 e. The van der Waals surface area contributed by atoms with Gasteiger partial charge in [-0.05, 0) is 6.07 Å². The lowest BCUT2D eigenvalue weighted by Crippen LogP contribution is -1.79. The van der Waals surface area contributed by atoms with Gasteiger partial charge in [0.05, 0.1) is 4.70 Å². The first kappa shape index (κ1) is 6.67. The van der Waals surface area contributed by atoms with Crippen LogP contribution >= 0.6 is 11.3 Å². The van der Waals surface area contributed by atoms with Gasteiger partial charge in [0.1, 0.15) is 11.3 Å². The number of halogens is 2. The molecule has 0 fully saturated rings. The van der Waals surface area contributed by atoms with Gasteiger partial charge < -0.3 is 0 Å². The molecular weight excluding hydrogens is 168 g/mol. The van der Waals surface area contributed by atoms with E-state index in [1.807, 2.05) is 0 Å². The van der Waals surface area contributed by atoms with Crippen LogP contribution in [0.3, 0.4) is 0 Å². The van der Waals surface area contributed by atoms with Crippen LogP contribution in [-0.4, -0.2) is 4.98 Å². The molecule has 0 unspecified atom stereocenters. The molecule has 4 heteroatoms. The summed E-state index contributed by atoms with van der Waals surface area (Å²) in [6, 6.07) is 2.06. The topological polar surface area (TPSA) is 12.9 Å². The lowest BCUT2D eigenvalue weighted by molar-refractivity contribution is 0.591. The Hall–Kier alpha value is -1.03. The summed E-state index contributed by atoms with van der Waals surface area (Å²) in [4.78, 5) is 3.61. The molecule has 0 aliphatic carbocycles. The van der Waals surface area contributed by atoms with E-state index in [0.29, 0.717) is 4.70 Å². The summed E-state index contributed by atoms with van der Waals surface area (Å²) < 4.78 is 25.8. The molecular formula is C7H2F2NS. The van der Waals surface area contributed by atoms with E-state index in [1.165, 1.54) is 6.07 Å². The second-order valence-electron chi connectivity index (χ2n) is 2.04. The predicted octanol–water partition coefficient (Wildman–Crippen LogP) is 2.37. The zero-order valence-corrected chi connectivity index (χ0v) is 6.08. The van der Waals surface area contributed by atoms with Crippen molar-refractivity contribution in [3.63, 3.8) is 0 Å². The minimum Gasteiger partial charge on any atom is -0.230 e. The second kappa shape index (κ2) is 2.23. The summed E-state index contributed by atoms with van der Waals surface area (Å²) in [5.74, 6) is -1.20. The molecule has 0 aliphatic rings. The van der Waals surface area contributed by atoms with Gasteiger partial charge >= 0.3 is 0 Å². The van der Waals surface area contributed by atoms with Gasteiger partial charge in [0.25, 0.3) is 0 Å². The fourth-order valence-corrected chi connectivity index (χ4v) is 1.49. The third kappa shape index (κ3) is 0.991. The van der Waals surface area contributed by atoms with E-state index >= 15 is 0 Å². The molecule has 0 spiro atoms. The molecule has 1 nitrogen and oxygen atoms in total. The number of hydrogen-bond acceptors (Lipinski definition) is 2. The Bertz CT molecular complexity index is 396. The summed E-state index contributed by atoms with van der Waals surface area (Å²) in [5, 5.41) is 0. The van der Waals surface area contributed by atoms with Gasteiger partial charge in [0.2, 0.25) is 0 Å². The Morgan fingerprint density at radius 3 is 3.00 bits per heavy atom. The number of aromatic nitrogens is 1. The standard InChI is InChI=1S/C7H2F2NS/c8-4-1-5(9)7-6(2-4)11-3-10-7/h1-2H. The molecule has 1 heterocycles. The van der Waals surface area contributed by atoms with Gasteiger partial charge in [-0.3, -0.25) is 0 Å². The minimum absolute atomic E-state index is 0.191. The summed E-state index contributed by atoms with van der Waals surface area (Å²) in [5.41, 5.74) is 2.68. The Morgan fingerprint density at radius 2 is 2.18 bits per heavy atom. The van der Waals surface area contributed by atoms with E-state index in [-0.39, 0.29) is 5.52 Å². The second-order valence-corrected chi connectivity index (χ2v) is 2.87. The van der Waals surface area contributed by atoms with Gasteiger partial charge in [-0.1, -0.05) is 0 Å². The quantitative estimate of drug-likeness (QED) is 0.591. The Labute approximate surface area is 65.3 Å². The highest BCUT2D eigenvalue weighted by molar-refractivity contribution is 7.16. The van der Waals surface area contributed by atoms with Crippen LogP contribution in [0.1, 0.15) is 0 Å². The highest BCUT2D eigenvalue weighted by Crippen LogP contribution is 2.20. The highest BCUT2D eigenvalue weighted by Gasteiger charge is 2.05. The van der Waals surface area contributed by atoms with Crippen LogP contribution in [0.15, 0.2) is 12.1 Å². The maximum Gasteiger partial charge on any atom is 0.153 e. The van der Waals surface area contributed by atoms with E-state index in [2.05, 4.69) is 10.5 Å². The first-order chi connectivity index (χ1) is 5.27. The molecule has 0 bridgehead atoms. The van der Waals surface area contributed by atoms with Crippen LogP contribution < -0.4 is 0 Å². The van der Waals surface area contributed by atoms with E-state index < -0.39 is 11.6 Å². The van der Waals surface area contributed by atoms with Crippen LogP contribution in [0.4, 0.5) is 8.78 Å². The normalized spacial score (nSPS) is 10.7. The van der Waals surface area contributed by atoms with Crippen molar-refractivity contribution >= 4 is 21.6 Å². The molecule has 1 aromatic carbocycles. The lowest BCUT2D eigenvalue weighted by atomic mass is 10.3. The highest BCUT2D eigenvalue weighted by atomic mass is 32.1. The average molecular weight is 170 g/mol. The summed E-state index contributed by atoms with van der Waals surface area (Å²) in [6.07, 6.45) is 0. The third-order valence-corrected chi connectivity index (χ3v) is 2.02. The van der Waals surface area contributed by atoms with E-state index in [1.54, 1.807) is 0 Å². The van der Waals surface area contributed by atoms with Gasteiger partial charge in [-0.15, -0.1) is 11.3 Å². The van der Waals surface area contributed by atoms with Crippen LogP contribution in [0.5, 0.6) is 0 Å². The molecule has 2 aromatic rings. The first-order valence-corrected chi connectivity index (χ1v) is 3.70. The van der Waals surface area contributed by atoms with Crippen LogP contribution in [-0.2, 0) is 0 Å². The van der Waals surface area contributed by atoms with Crippen molar-refractivity contribution in [2.45, 2.75) is 0 Å². The predicted molar refractivity (Wildman–Crippen MR) is 38.4 cm³/mol. The van der Waals surface area contributed by atoms with Crippen molar-refractivity contribution in [3.8, 4) is 0 Å². The van der Waals surface area contributed by atoms with Crippen molar-refractivity contribution in [2.75, 3.05) is 0 Å². The lowest BCUT2D eigenvalue weighted by Gasteiger charge is -1.89. The van der Waals surface area contributed by atoms with Gasteiger partial charge in [-0.25, -0.2) is 13.8 Å². The van der Waals surface area contributed by atoms with Crippen LogP contribution in [0.2, 0.25) is 0 Å². The molecule has 0 atom stereocenters. The van der Waals surface area contributed by atoms with Crippen molar-refractivity contribution < 1.29 is 8.78 Å². The molecule has 2 rings (SSSR count). The van der Waals surface area contributed by atoms with Gasteiger partial charge in [0.15, 0.2) is 11.3 Å². The number of benzene rings is 1. The average Bonchev–Trinajstić information content (AvgIpc) is 2.34. The van der Waals surface area contributed by atoms with Crippen molar-refractivity contribution in [3.05, 3.63) is 29.3 Å². The van der Waals surface area contributed by atoms with Crippen molar-refractivity contribution in [2.24, 2.45) is 0 Å². The fourth-order valence-electron chi connectivity index (χ4n) is 0.846. The van der Waals surface area contributed by atoms with Crippen LogP contribution in [0, 0.1) is 17.1 Å². The SMILES string of the molecule is Fc1cc(F)c2n[c]sc2c1. The number of hydrogen-bond donors (Lipinski definition) is 0. The monoisotopic (exact) mass is 170 g/mol. The summed E-state index contributed by atoms with van der Waals surface area (Å²) in [6.45, 7) is 0. The van der Waals surface area contributed by atoms with Gasteiger partial charge in [0, 0.05) is 6.07 Å². The Kier molecular flexibility index (Phi) is 1.35. The molecule has 0 N–H and O–H groups in total. The molecule has 1 aromatic heterocycles. The minimum atomic E-state index is -0.627. The first-order valence-electron chi connectivity index (χ1n) is 2.89. The Morgan fingerprint density at radius 1 is 1.36 bits per heavy atom. The van der Waals surface area contributed by atoms with Crippen LogP contribution in [0.25, 0.3) is 10.2 Å². The van der Waals surface area contributed by atoms with Crippen molar-refractivity contribution in [1.29, 1.82) is 0 Å². The summed E-state index contributed by atoms with van der Waals surface area (Å²) >= 11 is 1.10. The zero-order chi connectivity index (χ0) is 7.84. The largest absolute Gasteiger partial charge is 0.230 e. The third-order valence-electron chi connectivity index (χ3n) is 1.31.